The van der Waals surface area contributed by atoms with Crippen molar-refractivity contribution in [3.05, 3.63) is 59.2 Å². The number of nitrogens with zero attached hydrogens (tertiary/aromatic N) is 2. The number of hydrogen-bond donors (Lipinski definition) is 1. The number of nitrogens with one attached hydrogen (secondary N) is 1. The SMILES string of the molecule is CCNC(c1ncc(C)cn1)c1c(F)cccc1F. The van der Waals surface area contributed by atoms with Crippen molar-refractivity contribution < 1.29 is 8.78 Å². The highest BCUT2D eigenvalue weighted by atomic mass is 19.1. The minimum atomic E-state index is -0.688. The number of hydrogen-bond acceptors (Lipinski definition) is 3. The van der Waals surface area contributed by atoms with Crippen molar-refractivity contribution in [2.24, 2.45) is 0 Å². The van der Waals surface area contributed by atoms with Crippen LogP contribution in [0.15, 0.2) is 30.6 Å². The van der Waals surface area contributed by atoms with Gasteiger partial charge < -0.3 is 5.32 Å². The Bertz CT molecular complexity index is 535. The minimum Gasteiger partial charge on any atom is -0.304 e. The summed E-state index contributed by atoms with van der Waals surface area (Å²) in [7, 11) is 0. The Morgan fingerprint density at radius 1 is 1.16 bits per heavy atom. The van der Waals surface area contributed by atoms with Gasteiger partial charge in [0.15, 0.2) is 0 Å². The Hall–Kier alpha value is -1.88. The van der Waals surface area contributed by atoms with E-state index in [-0.39, 0.29) is 5.56 Å². The molecule has 1 heterocycles. The molecule has 0 aliphatic rings. The smallest absolute Gasteiger partial charge is 0.149 e. The maximum absolute atomic E-state index is 13.9. The van der Waals surface area contributed by atoms with E-state index in [1.165, 1.54) is 18.2 Å². The van der Waals surface area contributed by atoms with E-state index in [1.807, 2.05) is 13.8 Å². The molecule has 19 heavy (non-hydrogen) atoms. The van der Waals surface area contributed by atoms with Crippen LogP contribution in [0.5, 0.6) is 0 Å². The zero-order chi connectivity index (χ0) is 13.8. The minimum absolute atomic E-state index is 0.0480. The van der Waals surface area contributed by atoms with Gasteiger partial charge in [0.05, 0.1) is 6.04 Å². The van der Waals surface area contributed by atoms with E-state index in [1.54, 1.807) is 12.4 Å². The molecular weight excluding hydrogens is 248 g/mol. The highest BCUT2D eigenvalue weighted by Gasteiger charge is 2.23. The molecular formula is C14H15F2N3. The van der Waals surface area contributed by atoms with E-state index in [9.17, 15) is 8.78 Å². The summed E-state index contributed by atoms with van der Waals surface area (Å²) in [4.78, 5) is 8.30. The van der Waals surface area contributed by atoms with Crippen LogP contribution in [0.1, 0.15) is 29.9 Å². The predicted octanol–water partition coefficient (Wildman–Crippen LogP) is 2.76. The van der Waals surface area contributed by atoms with Gasteiger partial charge in [-0.25, -0.2) is 18.7 Å². The lowest BCUT2D eigenvalue weighted by Gasteiger charge is -2.18. The Balaban J connectivity index is 2.48. The Morgan fingerprint density at radius 2 is 1.74 bits per heavy atom. The van der Waals surface area contributed by atoms with Gasteiger partial charge in [-0.3, -0.25) is 0 Å². The summed E-state index contributed by atoms with van der Waals surface area (Å²) in [6.07, 6.45) is 3.26. The molecule has 1 atom stereocenters. The van der Waals surface area contributed by atoms with Crippen LogP contribution < -0.4 is 5.32 Å². The van der Waals surface area contributed by atoms with E-state index in [4.69, 9.17) is 0 Å². The highest BCUT2D eigenvalue weighted by molar-refractivity contribution is 5.28. The molecule has 0 spiro atoms. The molecule has 0 fully saturated rings. The standard InChI is InChI=1S/C14H15F2N3/c1-3-17-13(14-18-7-9(2)8-19-14)12-10(15)5-4-6-11(12)16/h4-8,13,17H,3H2,1-2H3. The second kappa shape index (κ2) is 5.84. The summed E-state index contributed by atoms with van der Waals surface area (Å²) in [6, 6.07) is 3.12. The molecule has 2 aromatic rings. The topological polar surface area (TPSA) is 37.8 Å². The van der Waals surface area contributed by atoms with Crippen LogP contribution in [0.4, 0.5) is 8.78 Å². The maximum atomic E-state index is 13.9. The van der Waals surface area contributed by atoms with Gasteiger partial charge in [-0.1, -0.05) is 13.0 Å². The van der Waals surface area contributed by atoms with Gasteiger partial charge in [0, 0.05) is 18.0 Å². The molecule has 0 aliphatic carbocycles. The first-order chi connectivity index (χ1) is 9.13. The molecule has 0 saturated carbocycles. The predicted molar refractivity (Wildman–Crippen MR) is 68.6 cm³/mol. The first-order valence-corrected chi connectivity index (χ1v) is 6.09. The maximum Gasteiger partial charge on any atom is 0.149 e. The fourth-order valence-electron chi connectivity index (χ4n) is 1.86. The molecule has 0 radical (unpaired) electrons. The Morgan fingerprint density at radius 3 is 2.26 bits per heavy atom. The lowest BCUT2D eigenvalue weighted by atomic mass is 10.0. The number of benzene rings is 1. The van der Waals surface area contributed by atoms with Crippen molar-refractivity contribution >= 4 is 0 Å². The first-order valence-electron chi connectivity index (χ1n) is 6.09. The van der Waals surface area contributed by atoms with Crippen LogP contribution in [0, 0.1) is 18.6 Å². The van der Waals surface area contributed by atoms with Gasteiger partial charge in [0.1, 0.15) is 17.5 Å². The summed E-state index contributed by atoms with van der Waals surface area (Å²) < 4.78 is 27.7. The largest absolute Gasteiger partial charge is 0.304 e. The average Bonchev–Trinajstić information content (AvgIpc) is 2.38. The van der Waals surface area contributed by atoms with Crippen molar-refractivity contribution in [3.63, 3.8) is 0 Å². The van der Waals surface area contributed by atoms with Crippen molar-refractivity contribution in [1.29, 1.82) is 0 Å². The van der Waals surface area contributed by atoms with Crippen molar-refractivity contribution in [2.75, 3.05) is 6.54 Å². The normalized spacial score (nSPS) is 12.4. The van der Waals surface area contributed by atoms with Gasteiger partial charge in [-0.2, -0.15) is 0 Å². The van der Waals surface area contributed by atoms with Crippen LogP contribution in [-0.4, -0.2) is 16.5 Å². The van der Waals surface area contributed by atoms with E-state index in [2.05, 4.69) is 15.3 Å². The molecule has 0 amide bonds. The molecule has 0 bridgehead atoms. The lowest BCUT2D eigenvalue weighted by molar-refractivity contribution is 0.498. The van der Waals surface area contributed by atoms with Crippen LogP contribution in [0.2, 0.25) is 0 Å². The molecule has 0 aliphatic heterocycles. The van der Waals surface area contributed by atoms with Crippen molar-refractivity contribution in [2.45, 2.75) is 19.9 Å². The number of rotatable bonds is 4. The second-order valence-corrected chi connectivity index (χ2v) is 4.24. The third-order valence-corrected chi connectivity index (χ3v) is 2.76. The van der Waals surface area contributed by atoms with Crippen molar-refractivity contribution in [1.82, 2.24) is 15.3 Å². The Kier molecular flexibility index (Phi) is 4.16. The molecule has 2 rings (SSSR count). The van der Waals surface area contributed by atoms with Gasteiger partial charge in [-0.15, -0.1) is 0 Å². The zero-order valence-corrected chi connectivity index (χ0v) is 10.8. The van der Waals surface area contributed by atoms with E-state index >= 15 is 0 Å². The molecule has 100 valence electrons. The van der Waals surface area contributed by atoms with Crippen LogP contribution in [0.25, 0.3) is 0 Å². The second-order valence-electron chi connectivity index (χ2n) is 4.24. The molecule has 3 nitrogen and oxygen atoms in total. The number of aryl methyl sites for hydroxylation is 1. The quantitative estimate of drug-likeness (QED) is 0.921. The monoisotopic (exact) mass is 263 g/mol. The average molecular weight is 263 g/mol. The van der Waals surface area contributed by atoms with Crippen molar-refractivity contribution in [3.8, 4) is 0 Å². The summed E-state index contributed by atoms with van der Waals surface area (Å²) >= 11 is 0. The number of halogens is 2. The number of aromatic nitrogens is 2. The van der Waals surface area contributed by atoms with Gasteiger partial charge >= 0.3 is 0 Å². The van der Waals surface area contributed by atoms with E-state index < -0.39 is 17.7 Å². The molecule has 1 N–H and O–H groups in total. The third kappa shape index (κ3) is 2.93. The Labute approximate surface area is 110 Å². The fraction of sp³-hybridized carbons (Fsp3) is 0.286. The van der Waals surface area contributed by atoms with Gasteiger partial charge in [-0.05, 0) is 31.2 Å². The summed E-state index contributed by atoms with van der Waals surface area (Å²) in [5.74, 6) is -0.846. The molecule has 1 aromatic carbocycles. The third-order valence-electron chi connectivity index (χ3n) is 2.76. The summed E-state index contributed by atoms with van der Waals surface area (Å²) in [5.41, 5.74) is 0.848. The van der Waals surface area contributed by atoms with Crippen LogP contribution >= 0.6 is 0 Å². The van der Waals surface area contributed by atoms with Gasteiger partial charge in [0.25, 0.3) is 0 Å². The van der Waals surface area contributed by atoms with E-state index in [0.29, 0.717) is 12.4 Å². The molecule has 0 saturated heterocycles. The van der Waals surface area contributed by atoms with Gasteiger partial charge in [0.2, 0.25) is 0 Å². The molecule has 1 aromatic heterocycles. The fourth-order valence-corrected chi connectivity index (χ4v) is 1.86. The molecule has 5 heteroatoms. The van der Waals surface area contributed by atoms with Crippen LogP contribution in [-0.2, 0) is 0 Å². The first kappa shape index (κ1) is 13.5. The molecule has 1 unspecified atom stereocenters. The summed E-state index contributed by atoms with van der Waals surface area (Å²) in [6.45, 7) is 4.27. The zero-order valence-electron chi connectivity index (χ0n) is 10.8. The van der Waals surface area contributed by atoms with Crippen LogP contribution in [0.3, 0.4) is 0 Å². The summed E-state index contributed by atoms with van der Waals surface area (Å²) in [5, 5.41) is 3.01. The highest BCUT2D eigenvalue weighted by Crippen LogP contribution is 2.24. The lowest BCUT2D eigenvalue weighted by Crippen LogP contribution is -2.26. The van der Waals surface area contributed by atoms with E-state index in [0.717, 1.165) is 5.56 Å².